The van der Waals surface area contributed by atoms with E-state index in [-0.39, 0.29) is 6.10 Å². The monoisotopic (exact) mass is 418 g/mol. The third kappa shape index (κ3) is 5.12. The molecule has 1 saturated heterocycles. The van der Waals surface area contributed by atoms with Crippen molar-refractivity contribution < 1.29 is 18.9 Å². The van der Waals surface area contributed by atoms with Gasteiger partial charge in [0.25, 0.3) is 0 Å². The standard InChI is InChI=1S/C20H30N6O4/c1-13-24-25-18(26(13)2)12-22-20(21-11-15-7-6-8-30-15)23-14-9-16(27-3)19(29-5)17(10-14)28-4/h9-10,15H,6-8,11-12H2,1-5H3,(H2,21,22,23). The Kier molecular flexibility index (Phi) is 7.34. The highest BCUT2D eigenvalue weighted by atomic mass is 16.5. The number of nitrogens with one attached hydrogen (secondary N) is 2. The summed E-state index contributed by atoms with van der Waals surface area (Å²) in [5, 5.41) is 14.9. The normalized spacial score (nSPS) is 16.4. The quantitative estimate of drug-likeness (QED) is 0.495. The molecule has 164 valence electrons. The number of hydrogen-bond donors (Lipinski definition) is 2. The first-order chi connectivity index (χ1) is 14.5. The van der Waals surface area contributed by atoms with Crippen molar-refractivity contribution in [3.8, 4) is 17.2 Å². The van der Waals surface area contributed by atoms with E-state index in [1.165, 1.54) is 0 Å². The van der Waals surface area contributed by atoms with Crippen molar-refractivity contribution in [1.29, 1.82) is 0 Å². The Morgan fingerprint density at radius 2 is 1.93 bits per heavy atom. The Bertz CT molecular complexity index is 851. The first-order valence-electron chi connectivity index (χ1n) is 9.87. The van der Waals surface area contributed by atoms with Crippen LogP contribution in [0.25, 0.3) is 0 Å². The van der Waals surface area contributed by atoms with Crippen LogP contribution in [0.15, 0.2) is 17.1 Å². The van der Waals surface area contributed by atoms with E-state index in [4.69, 9.17) is 18.9 Å². The number of methoxy groups -OCH3 is 3. The van der Waals surface area contributed by atoms with Gasteiger partial charge in [-0.05, 0) is 19.8 Å². The Morgan fingerprint density at radius 3 is 2.47 bits per heavy atom. The van der Waals surface area contributed by atoms with Gasteiger partial charge in [-0.3, -0.25) is 0 Å². The molecule has 1 aromatic carbocycles. The Morgan fingerprint density at radius 1 is 1.20 bits per heavy atom. The minimum absolute atomic E-state index is 0.175. The van der Waals surface area contributed by atoms with Gasteiger partial charge in [-0.25, -0.2) is 4.99 Å². The molecule has 0 aliphatic carbocycles. The summed E-state index contributed by atoms with van der Waals surface area (Å²) in [7, 11) is 6.67. The first kappa shape index (κ1) is 21.7. The molecule has 0 radical (unpaired) electrons. The molecule has 0 spiro atoms. The van der Waals surface area contributed by atoms with Crippen molar-refractivity contribution in [2.45, 2.75) is 32.4 Å². The van der Waals surface area contributed by atoms with E-state index in [9.17, 15) is 0 Å². The number of benzene rings is 1. The van der Waals surface area contributed by atoms with Crippen molar-refractivity contribution in [1.82, 2.24) is 20.1 Å². The molecule has 0 bridgehead atoms. The van der Waals surface area contributed by atoms with E-state index in [0.717, 1.165) is 36.8 Å². The highest BCUT2D eigenvalue weighted by Crippen LogP contribution is 2.39. The molecule has 1 aliphatic rings. The SMILES string of the molecule is COc1cc(NC(=NCc2nnc(C)n2C)NCC2CCCO2)cc(OC)c1OC. The number of nitrogens with zero attached hydrogens (tertiary/aromatic N) is 4. The molecule has 1 aliphatic heterocycles. The lowest BCUT2D eigenvalue weighted by Gasteiger charge is -2.18. The lowest BCUT2D eigenvalue weighted by Crippen LogP contribution is -2.36. The molecule has 30 heavy (non-hydrogen) atoms. The van der Waals surface area contributed by atoms with Gasteiger partial charge in [0.1, 0.15) is 12.4 Å². The van der Waals surface area contributed by atoms with Gasteiger partial charge < -0.3 is 34.1 Å². The molecule has 2 N–H and O–H groups in total. The Labute approximate surface area is 176 Å². The summed E-state index contributed by atoms with van der Waals surface area (Å²) in [5.74, 6) is 3.86. The van der Waals surface area contributed by atoms with E-state index in [0.29, 0.717) is 36.3 Å². The zero-order chi connectivity index (χ0) is 21.5. The summed E-state index contributed by atoms with van der Waals surface area (Å²) in [4.78, 5) is 4.68. The highest BCUT2D eigenvalue weighted by molar-refractivity contribution is 5.94. The number of ether oxygens (including phenoxy) is 4. The number of rotatable bonds is 8. The molecule has 2 aromatic rings. The number of guanidine groups is 1. The van der Waals surface area contributed by atoms with Crippen LogP contribution in [0.5, 0.6) is 17.2 Å². The second-order valence-electron chi connectivity index (χ2n) is 6.94. The Hall–Kier alpha value is -3.01. The largest absolute Gasteiger partial charge is 0.493 e. The molecule has 1 atom stereocenters. The first-order valence-corrected chi connectivity index (χ1v) is 9.87. The second-order valence-corrected chi connectivity index (χ2v) is 6.94. The van der Waals surface area contributed by atoms with Crippen LogP contribution < -0.4 is 24.8 Å². The van der Waals surface area contributed by atoms with Crippen molar-refractivity contribution >= 4 is 11.6 Å². The maximum atomic E-state index is 5.71. The van der Waals surface area contributed by atoms with Crippen LogP contribution in [0.3, 0.4) is 0 Å². The minimum Gasteiger partial charge on any atom is -0.493 e. The van der Waals surface area contributed by atoms with Crippen LogP contribution in [0.4, 0.5) is 5.69 Å². The van der Waals surface area contributed by atoms with Crippen LogP contribution in [0.2, 0.25) is 0 Å². The molecular formula is C20H30N6O4. The van der Waals surface area contributed by atoms with Gasteiger partial charge in [-0.2, -0.15) is 0 Å². The predicted octanol–water partition coefficient (Wildman–Crippen LogP) is 1.89. The van der Waals surface area contributed by atoms with Crippen molar-refractivity contribution in [3.63, 3.8) is 0 Å². The third-order valence-corrected chi connectivity index (χ3v) is 5.01. The molecule has 3 rings (SSSR count). The topological polar surface area (TPSA) is 104 Å². The summed E-state index contributed by atoms with van der Waals surface area (Å²) >= 11 is 0. The maximum absolute atomic E-state index is 5.71. The van der Waals surface area contributed by atoms with E-state index in [2.05, 4.69) is 25.8 Å². The molecule has 1 aromatic heterocycles. The van der Waals surface area contributed by atoms with Crippen LogP contribution >= 0.6 is 0 Å². The maximum Gasteiger partial charge on any atom is 0.203 e. The van der Waals surface area contributed by atoms with Crippen molar-refractivity contribution in [2.24, 2.45) is 12.0 Å². The van der Waals surface area contributed by atoms with Crippen molar-refractivity contribution in [3.05, 3.63) is 23.8 Å². The number of aromatic nitrogens is 3. The minimum atomic E-state index is 0.175. The van der Waals surface area contributed by atoms with Crippen LogP contribution in [0.1, 0.15) is 24.5 Å². The number of aliphatic imine (C=N–C) groups is 1. The fraction of sp³-hybridized carbons (Fsp3) is 0.550. The molecule has 0 saturated carbocycles. The van der Waals surface area contributed by atoms with Crippen molar-refractivity contribution in [2.75, 3.05) is 39.8 Å². The fourth-order valence-electron chi connectivity index (χ4n) is 3.18. The van der Waals surface area contributed by atoms with Crippen LogP contribution in [0, 0.1) is 6.92 Å². The lowest BCUT2D eigenvalue weighted by atomic mass is 10.2. The molecule has 10 heteroatoms. The van der Waals surface area contributed by atoms with Gasteiger partial charge in [-0.1, -0.05) is 0 Å². The molecule has 1 unspecified atom stereocenters. The molecule has 10 nitrogen and oxygen atoms in total. The highest BCUT2D eigenvalue weighted by Gasteiger charge is 2.17. The summed E-state index contributed by atoms with van der Waals surface area (Å²) in [6, 6.07) is 3.66. The lowest BCUT2D eigenvalue weighted by molar-refractivity contribution is 0.114. The average molecular weight is 418 g/mol. The summed E-state index contributed by atoms with van der Waals surface area (Å²) in [5.41, 5.74) is 0.747. The van der Waals surface area contributed by atoms with Crippen LogP contribution in [-0.2, 0) is 18.3 Å². The van der Waals surface area contributed by atoms with E-state index >= 15 is 0 Å². The molecular weight excluding hydrogens is 388 g/mol. The van der Waals surface area contributed by atoms with Crippen LogP contribution in [-0.4, -0.2) is 61.3 Å². The Balaban J connectivity index is 1.81. The summed E-state index contributed by atoms with van der Waals surface area (Å²) in [6.45, 7) is 3.75. The van der Waals surface area contributed by atoms with E-state index < -0.39 is 0 Å². The average Bonchev–Trinajstić information content (AvgIpc) is 3.39. The smallest absolute Gasteiger partial charge is 0.203 e. The van der Waals surface area contributed by atoms with Gasteiger partial charge in [0.2, 0.25) is 5.75 Å². The van der Waals surface area contributed by atoms with Gasteiger partial charge >= 0.3 is 0 Å². The van der Waals surface area contributed by atoms with Gasteiger partial charge in [0.05, 0.1) is 27.4 Å². The zero-order valence-electron chi connectivity index (χ0n) is 18.2. The van der Waals surface area contributed by atoms with Gasteiger partial charge in [0, 0.05) is 38.0 Å². The van der Waals surface area contributed by atoms with E-state index in [1.54, 1.807) is 21.3 Å². The molecule has 2 heterocycles. The summed E-state index contributed by atoms with van der Waals surface area (Å²) < 4.78 is 23.9. The summed E-state index contributed by atoms with van der Waals surface area (Å²) in [6.07, 6.45) is 2.29. The van der Waals surface area contributed by atoms with Gasteiger partial charge in [-0.15, -0.1) is 10.2 Å². The fourth-order valence-corrected chi connectivity index (χ4v) is 3.18. The zero-order valence-corrected chi connectivity index (χ0v) is 18.2. The molecule has 1 fully saturated rings. The predicted molar refractivity (Wildman–Crippen MR) is 114 cm³/mol. The number of hydrogen-bond acceptors (Lipinski definition) is 7. The van der Waals surface area contributed by atoms with E-state index in [1.807, 2.05) is 30.7 Å². The number of aryl methyl sites for hydroxylation is 1. The third-order valence-electron chi connectivity index (χ3n) is 5.01. The van der Waals surface area contributed by atoms with Gasteiger partial charge in [0.15, 0.2) is 23.3 Å². The molecule has 0 amide bonds. The number of anilines is 1. The second kappa shape index (κ2) is 10.1.